The zero-order chi connectivity index (χ0) is 18.1. The molecule has 1 aromatic rings. The minimum atomic E-state index is -0.223. The summed E-state index contributed by atoms with van der Waals surface area (Å²) in [5, 5.41) is 3.25. The molecule has 2 saturated heterocycles. The Morgan fingerprint density at radius 2 is 2.12 bits per heavy atom. The quantitative estimate of drug-likeness (QED) is 0.836. The van der Waals surface area contributed by atoms with Crippen molar-refractivity contribution in [3.05, 3.63) is 35.6 Å². The maximum Gasteiger partial charge on any atom is 0.234 e. The van der Waals surface area contributed by atoms with Gasteiger partial charge in [-0.2, -0.15) is 0 Å². The summed E-state index contributed by atoms with van der Waals surface area (Å²) in [4.78, 5) is 16.9. The fourth-order valence-electron chi connectivity index (χ4n) is 4.79. The molecular formula is C20H28FN3O2. The Kier molecular flexibility index (Phi) is 5.25. The molecule has 1 aromatic carbocycles. The number of benzene rings is 1. The first-order chi connectivity index (χ1) is 12.6. The second-order valence-electron chi connectivity index (χ2n) is 7.88. The average Bonchev–Trinajstić information content (AvgIpc) is 3.26. The zero-order valence-electron chi connectivity index (χ0n) is 15.4. The van der Waals surface area contributed by atoms with Crippen LogP contribution in [-0.4, -0.2) is 67.2 Å². The molecule has 5 nitrogen and oxygen atoms in total. The van der Waals surface area contributed by atoms with E-state index >= 15 is 0 Å². The third-order valence-corrected chi connectivity index (χ3v) is 6.05. The number of amides is 1. The summed E-state index contributed by atoms with van der Waals surface area (Å²) in [6.45, 7) is 3.72. The van der Waals surface area contributed by atoms with Gasteiger partial charge in [0, 0.05) is 24.6 Å². The minimum Gasteiger partial charge on any atom is -0.376 e. The van der Waals surface area contributed by atoms with Crippen molar-refractivity contribution in [2.24, 2.45) is 5.92 Å². The molecule has 0 bridgehead atoms. The molecule has 2 heterocycles. The number of hydrogen-bond acceptors (Lipinski definition) is 4. The van der Waals surface area contributed by atoms with E-state index in [0.29, 0.717) is 24.1 Å². The van der Waals surface area contributed by atoms with Crippen LogP contribution < -0.4 is 5.32 Å². The van der Waals surface area contributed by atoms with E-state index in [-0.39, 0.29) is 30.4 Å². The van der Waals surface area contributed by atoms with E-state index in [4.69, 9.17) is 4.74 Å². The molecule has 1 aliphatic carbocycles. The molecule has 0 unspecified atom stereocenters. The van der Waals surface area contributed by atoms with Crippen molar-refractivity contribution in [2.75, 3.05) is 33.3 Å². The lowest BCUT2D eigenvalue weighted by atomic mass is 9.70. The second-order valence-corrected chi connectivity index (χ2v) is 7.88. The molecule has 142 valence electrons. The molecule has 6 heteroatoms. The van der Waals surface area contributed by atoms with Crippen molar-refractivity contribution in [3.8, 4) is 0 Å². The maximum atomic E-state index is 13.8. The van der Waals surface area contributed by atoms with Crippen molar-refractivity contribution < 1.29 is 13.9 Å². The second kappa shape index (κ2) is 7.62. The molecule has 1 saturated carbocycles. The molecule has 3 aliphatic rings. The summed E-state index contributed by atoms with van der Waals surface area (Å²) in [7, 11) is 1.85. The van der Waals surface area contributed by atoms with Crippen LogP contribution in [0.3, 0.4) is 0 Å². The van der Waals surface area contributed by atoms with Gasteiger partial charge in [-0.25, -0.2) is 4.39 Å². The number of nitrogens with one attached hydrogen (secondary N) is 1. The van der Waals surface area contributed by atoms with Crippen molar-refractivity contribution in [1.82, 2.24) is 15.1 Å². The van der Waals surface area contributed by atoms with Crippen LogP contribution >= 0.6 is 0 Å². The third kappa shape index (κ3) is 3.50. The Morgan fingerprint density at radius 1 is 1.35 bits per heavy atom. The fraction of sp³-hybridized carbons (Fsp3) is 0.650. The standard InChI is InChI=1S/C20H28FN3O2/c1-23(12-14-6-2-3-7-16(14)21)13-17(25)22-18-15-8-11-26-20(15)19(18)24-9-4-5-10-24/h2-3,6-7,15,18-20H,4-5,8-13H2,1H3,(H,22,25)/t15-,18+,19-,20-/m1/s1. The Bertz CT molecular complexity index is 645. The maximum absolute atomic E-state index is 13.8. The van der Waals surface area contributed by atoms with Gasteiger partial charge < -0.3 is 10.1 Å². The number of rotatable bonds is 6. The Balaban J connectivity index is 1.32. The van der Waals surface area contributed by atoms with Crippen LogP contribution in [0.15, 0.2) is 24.3 Å². The Morgan fingerprint density at radius 3 is 2.88 bits per heavy atom. The van der Waals surface area contributed by atoms with Crippen molar-refractivity contribution in [2.45, 2.75) is 44.0 Å². The monoisotopic (exact) mass is 361 g/mol. The molecule has 3 fully saturated rings. The molecule has 26 heavy (non-hydrogen) atoms. The van der Waals surface area contributed by atoms with Gasteiger partial charge in [0.25, 0.3) is 0 Å². The molecule has 4 atom stereocenters. The van der Waals surface area contributed by atoms with E-state index in [0.717, 1.165) is 26.1 Å². The van der Waals surface area contributed by atoms with Gasteiger partial charge in [-0.15, -0.1) is 0 Å². The first kappa shape index (κ1) is 17.9. The first-order valence-corrected chi connectivity index (χ1v) is 9.70. The number of likely N-dealkylation sites (tertiary alicyclic amines) is 1. The van der Waals surface area contributed by atoms with Gasteiger partial charge in [-0.3, -0.25) is 14.6 Å². The summed E-state index contributed by atoms with van der Waals surface area (Å²) < 4.78 is 19.7. The lowest BCUT2D eigenvalue weighted by Crippen LogP contribution is -2.70. The van der Waals surface area contributed by atoms with Gasteiger partial charge in [0.1, 0.15) is 5.82 Å². The SMILES string of the molecule is CN(CC(=O)N[C@H]1[C@H]2CCO[C@H]2[C@@H]1N1CCCC1)Cc1ccccc1F. The molecule has 1 amide bonds. The number of ether oxygens (including phenoxy) is 1. The first-order valence-electron chi connectivity index (χ1n) is 9.70. The van der Waals surface area contributed by atoms with Crippen molar-refractivity contribution in [1.29, 1.82) is 0 Å². The van der Waals surface area contributed by atoms with Crippen LogP contribution in [0.25, 0.3) is 0 Å². The average molecular weight is 361 g/mol. The summed E-state index contributed by atoms with van der Waals surface area (Å²) in [5.41, 5.74) is 0.616. The summed E-state index contributed by atoms with van der Waals surface area (Å²) in [6, 6.07) is 7.24. The highest BCUT2D eigenvalue weighted by atomic mass is 19.1. The van der Waals surface area contributed by atoms with E-state index in [1.165, 1.54) is 18.9 Å². The Hall–Kier alpha value is -1.50. The molecule has 0 aromatic heterocycles. The third-order valence-electron chi connectivity index (χ3n) is 6.05. The molecule has 4 rings (SSSR count). The molecular weight excluding hydrogens is 333 g/mol. The number of nitrogens with zero attached hydrogens (tertiary/aromatic N) is 2. The lowest BCUT2D eigenvalue weighted by molar-refractivity contribution is -0.129. The zero-order valence-corrected chi connectivity index (χ0v) is 15.4. The van der Waals surface area contributed by atoms with Gasteiger partial charge in [0.2, 0.25) is 5.91 Å². The van der Waals surface area contributed by atoms with Crippen molar-refractivity contribution >= 4 is 5.91 Å². The highest BCUT2D eigenvalue weighted by molar-refractivity contribution is 5.78. The topological polar surface area (TPSA) is 44.8 Å². The van der Waals surface area contributed by atoms with E-state index in [1.54, 1.807) is 12.1 Å². The largest absolute Gasteiger partial charge is 0.376 e. The van der Waals surface area contributed by atoms with Gasteiger partial charge in [0.15, 0.2) is 0 Å². The van der Waals surface area contributed by atoms with Crippen LogP contribution in [-0.2, 0) is 16.1 Å². The van der Waals surface area contributed by atoms with Gasteiger partial charge >= 0.3 is 0 Å². The number of carbonyl (C=O) groups excluding carboxylic acids is 1. The predicted molar refractivity (Wildman–Crippen MR) is 97.1 cm³/mol. The Labute approximate surface area is 154 Å². The lowest BCUT2D eigenvalue weighted by Gasteiger charge is -2.51. The summed E-state index contributed by atoms with van der Waals surface area (Å²) in [6.07, 6.45) is 3.79. The number of hydrogen-bond donors (Lipinski definition) is 1. The molecule has 2 aliphatic heterocycles. The van der Waals surface area contributed by atoms with Crippen LogP contribution in [0.1, 0.15) is 24.8 Å². The van der Waals surface area contributed by atoms with Gasteiger partial charge in [-0.1, -0.05) is 18.2 Å². The smallest absolute Gasteiger partial charge is 0.234 e. The van der Waals surface area contributed by atoms with E-state index in [1.807, 2.05) is 18.0 Å². The highest BCUT2D eigenvalue weighted by Gasteiger charge is 2.56. The molecule has 1 N–H and O–H groups in total. The predicted octanol–water partition coefficient (Wildman–Crippen LogP) is 1.63. The minimum absolute atomic E-state index is 0.0170. The summed E-state index contributed by atoms with van der Waals surface area (Å²) >= 11 is 0. The van der Waals surface area contributed by atoms with E-state index < -0.39 is 0 Å². The number of fused-ring (bicyclic) bond motifs is 1. The van der Waals surface area contributed by atoms with E-state index in [2.05, 4.69) is 10.2 Å². The van der Waals surface area contributed by atoms with Gasteiger partial charge in [0.05, 0.1) is 24.7 Å². The molecule has 0 spiro atoms. The van der Waals surface area contributed by atoms with Crippen LogP contribution in [0.5, 0.6) is 0 Å². The van der Waals surface area contributed by atoms with Crippen LogP contribution in [0, 0.1) is 11.7 Å². The van der Waals surface area contributed by atoms with Crippen LogP contribution in [0.4, 0.5) is 4.39 Å². The van der Waals surface area contributed by atoms with E-state index in [9.17, 15) is 9.18 Å². The summed E-state index contributed by atoms with van der Waals surface area (Å²) in [5.74, 6) is 0.239. The normalized spacial score (nSPS) is 31.0. The molecule has 0 radical (unpaired) electrons. The number of likely N-dealkylation sites (N-methyl/N-ethyl adjacent to an activating group) is 1. The number of carbonyl (C=O) groups is 1. The highest BCUT2D eigenvalue weighted by Crippen LogP contribution is 2.42. The fourth-order valence-corrected chi connectivity index (χ4v) is 4.79. The van der Waals surface area contributed by atoms with Gasteiger partial charge in [-0.05, 0) is 45.5 Å². The number of halogens is 1. The van der Waals surface area contributed by atoms with Crippen LogP contribution in [0.2, 0.25) is 0 Å². The van der Waals surface area contributed by atoms with Crippen molar-refractivity contribution in [3.63, 3.8) is 0 Å².